The quantitative estimate of drug-likeness (QED) is 0.817. The van der Waals surface area contributed by atoms with Crippen LogP contribution in [0.4, 0.5) is 0 Å². The number of aliphatic carboxylic acids is 1. The van der Waals surface area contributed by atoms with Crippen LogP contribution in [0.3, 0.4) is 0 Å². The van der Waals surface area contributed by atoms with E-state index < -0.39 is 16.0 Å². The first-order chi connectivity index (χ1) is 10.8. The maximum atomic E-state index is 12.9. The average Bonchev–Trinajstić information content (AvgIpc) is 2.46. The summed E-state index contributed by atoms with van der Waals surface area (Å²) in [6, 6.07) is 5.37. The van der Waals surface area contributed by atoms with Crippen LogP contribution in [-0.4, -0.2) is 50.0 Å². The fourth-order valence-electron chi connectivity index (χ4n) is 3.02. The number of sulfonamides is 1. The lowest BCUT2D eigenvalue weighted by atomic mass is 10.00. The predicted octanol–water partition coefficient (Wildman–Crippen LogP) is 1.38. The number of rotatable bonds is 6. The van der Waals surface area contributed by atoms with E-state index in [4.69, 9.17) is 5.11 Å². The first-order valence-electron chi connectivity index (χ1n) is 7.80. The summed E-state index contributed by atoms with van der Waals surface area (Å²) in [6.07, 6.45) is 1.70. The number of hydrogen-bond donors (Lipinski definition) is 2. The Kier molecular flexibility index (Phi) is 5.78. The summed E-state index contributed by atoms with van der Waals surface area (Å²) in [5.74, 6) is -0.760. The van der Waals surface area contributed by atoms with Gasteiger partial charge in [-0.15, -0.1) is 0 Å². The van der Waals surface area contributed by atoms with Crippen LogP contribution >= 0.6 is 0 Å². The van der Waals surface area contributed by atoms with Crippen molar-refractivity contribution in [1.82, 2.24) is 9.62 Å². The van der Waals surface area contributed by atoms with Crippen LogP contribution in [-0.2, 0) is 14.8 Å². The minimum absolute atomic E-state index is 0.0969. The number of carboxylic acid groups (broad SMARTS) is 1. The Hall–Kier alpha value is -1.44. The zero-order valence-corrected chi connectivity index (χ0v) is 14.4. The Morgan fingerprint density at radius 2 is 2.13 bits per heavy atom. The Morgan fingerprint density at radius 1 is 1.39 bits per heavy atom. The number of carbonyl (C=O) groups is 1. The molecule has 1 heterocycles. The van der Waals surface area contributed by atoms with Crippen molar-refractivity contribution >= 4 is 16.0 Å². The molecule has 1 fully saturated rings. The molecule has 1 unspecified atom stereocenters. The van der Waals surface area contributed by atoms with Crippen LogP contribution in [0.5, 0.6) is 0 Å². The van der Waals surface area contributed by atoms with Crippen LogP contribution in [0.2, 0.25) is 0 Å². The smallest absolute Gasteiger partial charge is 0.317 e. The number of nitrogens with zero attached hydrogens (tertiary/aromatic N) is 1. The minimum atomic E-state index is -3.49. The van der Waals surface area contributed by atoms with E-state index in [1.165, 1.54) is 4.31 Å². The van der Waals surface area contributed by atoms with Gasteiger partial charge in [0, 0.05) is 13.1 Å². The fourth-order valence-corrected chi connectivity index (χ4v) is 4.78. The largest absolute Gasteiger partial charge is 0.480 e. The molecule has 2 N–H and O–H groups in total. The second-order valence-corrected chi connectivity index (χ2v) is 8.07. The number of carboxylic acids is 1. The molecule has 6 nitrogen and oxygen atoms in total. The Labute approximate surface area is 137 Å². The fraction of sp³-hybridized carbons (Fsp3) is 0.562. The van der Waals surface area contributed by atoms with Gasteiger partial charge in [0.2, 0.25) is 10.0 Å². The van der Waals surface area contributed by atoms with Crippen molar-refractivity contribution in [3.8, 4) is 0 Å². The molecule has 1 aliphatic rings. The Bertz CT molecular complexity index is 673. The van der Waals surface area contributed by atoms with E-state index in [1.807, 2.05) is 26.0 Å². The standard InChI is InChI=1S/C16H24N2O4S/c1-12-5-6-15(13(2)8-12)23(21,22)18-7-3-4-14(11-18)9-17-10-16(19)20/h5-6,8,14,17H,3-4,7,9-11H2,1-2H3,(H,19,20). The van der Waals surface area contributed by atoms with Gasteiger partial charge in [0.1, 0.15) is 0 Å². The van der Waals surface area contributed by atoms with Crippen molar-refractivity contribution in [3.63, 3.8) is 0 Å². The molecule has 128 valence electrons. The molecule has 0 amide bonds. The molecule has 1 aliphatic heterocycles. The van der Waals surface area contributed by atoms with E-state index in [2.05, 4.69) is 5.32 Å². The molecule has 0 aliphatic carbocycles. The van der Waals surface area contributed by atoms with Crippen LogP contribution in [0.15, 0.2) is 23.1 Å². The van der Waals surface area contributed by atoms with E-state index in [9.17, 15) is 13.2 Å². The van der Waals surface area contributed by atoms with Gasteiger partial charge in [0.05, 0.1) is 11.4 Å². The molecule has 2 rings (SSSR count). The predicted molar refractivity (Wildman–Crippen MR) is 87.9 cm³/mol. The topological polar surface area (TPSA) is 86.7 Å². The van der Waals surface area contributed by atoms with Gasteiger partial charge in [-0.1, -0.05) is 17.7 Å². The Balaban J connectivity index is 2.08. The first kappa shape index (κ1) is 17.9. The highest BCUT2D eigenvalue weighted by Gasteiger charge is 2.31. The second kappa shape index (κ2) is 7.42. The summed E-state index contributed by atoms with van der Waals surface area (Å²) >= 11 is 0. The van der Waals surface area contributed by atoms with E-state index in [-0.39, 0.29) is 12.5 Å². The van der Waals surface area contributed by atoms with E-state index in [1.54, 1.807) is 6.07 Å². The van der Waals surface area contributed by atoms with Gasteiger partial charge in [-0.2, -0.15) is 4.31 Å². The summed E-state index contributed by atoms with van der Waals surface area (Å²) in [7, 11) is -3.49. The van der Waals surface area contributed by atoms with Crippen molar-refractivity contribution in [3.05, 3.63) is 29.3 Å². The number of aryl methyl sites for hydroxylation is 2. The highest BCUT2D eigenvalue weighted by atomic mass is 32.2. The van der Waals surface area contributed by atoms with E-state index in [0.717, 1.165) is 24.0 Å². The molecule has 1 saturated heterocycles. The summed E-state index contributed by atoms with van der Waals surface area (Å²) in [4.78, 5) is 10.9. The third-order valence-electron chi connectivity index (χ3n) is 4.14. The molecule has 1 aromatic carbocycles. The maximum Gasteiger partial charge on any atom is 0.317 e. The van der Waals surface area contributed by atoms with Gasteiger partial charge in [-0.25, -0.2) is 8.42 Å². The molecule has 0 saturated carbocycles. The highest BCUT2D eigenvalue weighted by molar-refractivity contribution is 7.89. The monoisotopic (exact) mass is 340 g/mol. The van der Waals surface area contributed by atoms with Crippen molar-refractivity contribution in [2.24, 2.45) is 5.92 Å². The zero-order valence-electron chi connectivity index (χ0n) is 13.6. The molecule has 1 aromatic rings. The van der Waals surface area contributed by atoms with E-state index >= 15 is 0 Å². The van der Waals surface area contributed by atoms with Gasteiger partial charge >= 0.3 is 5.97 Å². The van der Waals surface area contributed by atoms with Crippen LogP contribution in [0.1, 0.15) is 24.0 Å². The molecular weight excluding hydrogens is 316 g/mol. The lowest BCUT2D eigenvalue weighted by Crippen LogP contribution is -2.43. The maximum absolute atomic E-state index is 12.9. The normalized spacial score (nSPS) is 19.7. The highest BCUT2D eigenvalue weighted by Crippen LogP contribution is 2.25. The molecule has 0 aromatic heterocycles. The zero-order chi connectivity index (χ0) is 17.0. The van der Waals surface area contributed by atoms with Gasteiger partial charge < -0.3 is 10.4 Å². The van der Waals surface area contributed by atoms with Gasteiger partial charge in [-0.3, -0.25) is 4.79 Å². The minimum Gasteiger partial charge on any atom is -0.480 e. The van der Waals surface area contributed by atoms with Crippen molar-refractivity contribution < 1.29 is 18.3 Å². The summed E-state index contributed by atoms with van der Waals surface area (Å²) in [5.41, 5.74) is 1.80. The van der Waals surface area contributed by atoms with Crippen molar-refractivity contribution in [2.75, 3.05) is 26.2 Å². The van der Waals surface area contributed by atoms with Crippen molar-refractivity contribution in [2.45, 2.75) is 31.6 Å². The van der Waals surface area contributed by atoms with Crippen molar-refractivity contribution in [1.29, 1.82) is 0 Å². The second-order valence-electron chi connectivity index (χ2n) is 6.16. The lowest BCUT2D eigenvalue weighted by Gasteiger charge is -2.32. The van der Waals surface area contributed by atoms with Crippen LogP contribution < -0.4 is 5.32 Å². The molecular formula is C16H24N2O4S. The first-order valence-corrected chi connectivity index (χ1v) is 9.24. The molecule has 7 heteroatoms. The van der Waals surface area contributed by atoms with Gasteiger partial charge in [0.15, 0.2) is 0 Å². The summed E-state index contributed by atoms with van der Waals surface area (Å²) in [6.45, 7) is 5.13. The number of benzene rings is 1. The molecule has 23 heavy (non-hydrogen) atoms. The third kappa shape index (κ3) is 4.53. The molecule has 0 radical (unpaired) electrons. The summed E-state index contributed by atoms with van der Waals surface area (Å²) < 4.78 is 27.2. The third-order valence-corrected chi connectivity index (χ3v) is 6.16. The average molecular weight is 340 g/mol. The molecule has 1 atom stereocenters. The SMILES string of the molecule is Cc1ccc(S(=O)(=O)N2CCCC(CNCC(=O)O)C2)c(C)c1. The van der Waals surface area contributed by atoms with E-state index in [0.29, 0.717) is 24.5 Å². The van der Waals surface area contributed by atoms with Gasteiger partial charge in [-0.05, 0) is 50.8 Å². The molecule has 0 spiro atoms. The lowest BCUT2D eigenvalue weighted by molar-refractivity contribution is -0.136. The number of hydrogen-bond acceptors (Lipinski definition) is 4. The van der Waals surface area contributed by atoms with Crippen LogP contribution in [0, 0.1) is 19.8 Å². The molecule has 0 bridgehead atoms. The van der Waals surface area contributed by atoms with Gasteiger partial charge in [0.25, 0.3) is 0 Å². The summed E-state index contributed by atoms with van der Waals surface area (Å²) in [5, 5.41) is 11.5. The number of piperidine rings is 1. The number of nitrogens with one attached hydrogen (secondary N) is 1. The van der Waals surface area contributed by atoms with Crippen LogP contribution in [0.25, 0.3) is 0 Å². The Morgan fingerprint density at radius 3 is 2.78 bits per heavy atom.